The Hall–Kier alpha value is -0.340. The largest absolute Gasteiger partial charge is 0.306 e. The molecule has 102 valence electrons. The summed E-state index contributed by atoms with van der Waals surface area (Å²) in [7, 11) is 0. The maximum atomic E-state index is 3.93. The summed E-state index contributed by atoms with van der Waals surface area (Å²) in [6.45, 7) is 4.63. The fourth-order valence-corrected chi connectivity index (χ4v) is 4.01. The van der Waals surface area contributed by atoms with Gasteiger partial charge in [0.2, 0.25) is 0 Å². The minimum absolute atomic E-state index is 0.593. The lowest BCUT2D eigenvalue weighted by Crippen LogP contribution is -2.36. The van der Waals surface area contributed by atoms with Crippen molar-refractivity contribution in [3.8, 4) is 0 Å². The zero-order chi connectivity index (χ0) is 12.8. The number of hydrogen-bond acceptors (Lipinski definition) is 2. The van der Waals surface area contributed by atoms with Crippen molar-refractivity contribution in [2.24, 2.45) is 5.92 Å². The Kier molecular flexibility index (Phi) is 5.71. The fraction of sp³-hybridized carbons (Fsp3) is 0.750. The lowest BCUT2D eigenvalue weighted by Gasteiger charge is -2.32. The molecule has 18 heavy (non-hydrogen) atoms. The second-order valence-corrected chi connectivity index (χ2v) is 6.64. The highest BCUT2D eigenvalue weighted by molar-refractivity contribution is 7.10. The normalized spacial score (nSPS) is 26.1. The van der Waals surface area contributed by atoms with E-state index in [0.29, 0.717) is 6.04 Å². The topological polar surface area (TPSA) is 12.0 Å². The van der Waals surface area contributed by atoms with Crippen LogP contribution in [0.3, 0.4) is 0 Å². The second kappa shape index (κ2) is 7.30. The summed E-state index contributed by atoms with van der Waals surface area (Å²) in [5.74, 6) is 0.960. The Labute approximate surface area is 116 Å². The Morgan fingerprint density at radius 1 is 1.39 bits per heavy atom. The van der Waals surface area contributed by atoms with Crippen LogP contribution in [0, 0.1) is 5.92 Å². The summed E-state index contributed by atoms with van der Waals surface area (Å²) in [6, 6.07) is 5.82. The molecule has 1 aromatic heterocycles. The fourth-order valence-electron chi connectivity index (χ4n) is 3.18. The molecule has 2 heteroatoms. The van der Waals surface area contributed by atoms with Gasteiger partial charge in [-0.05, 0) is 36.6 Å². The van der Waals surface area contributed by atoms with Gasteiger partial charge in [-0.15, -0.1) is 11.3 Å². The van der Waals surface area contributed by atoms with Crippen molar-refractivity contribution in [1.29, 1.82) is 0 Å². The number of rotatable bonds is 6. The predicted octanol–water partition coefficient (Wildman–Crippen LogP) is 5.15. The van der Waals surface area contributed by atoms with Crippen molar-refractivity contribution < 1.29 is 0 Å². The first-order valence-corrected chi connectivity index (χ1v) is 8.50. The third-order valence-corrected chi connectivity index (χ3v) is 5.25. The van der Waals surface area contributed by atoms with E-state index in [9.17, 15) is 0 Å². The van der Waals surface area contributed by atoms with Crippen LogP contribution in [0.5, 0.6) is 0 Å². The van der Waals surface area contributed by atoms with Crippen LogP contribution < -0.4 is 5.32 Å². The van der Waals surface area contributed by atoms with Gasteiger partial charge in [0.05, 0.1) is 0 Å². The quantitative estimate of drug-likeness (QED) is 0.750. The summed E-state index contributed by atoms with van der Waals surface area (Å²) in [6.07, 6.45) is 9.53. The summed E-state index contributed by atoms with van der Waals surface area (Å²) in [5, 5.41) is 6.14. The minimum Gasteiger partial charge on any atom is -0.306 e. The molecular weight excluding hydrogens is 238 g/mol. The standard InChI is InChI=1S/C16H27NS/c1-3-7-15(16-10-6-11-18-16)17-14-9-5-8-13(4-2)12-14/h6,10-11,13-15,17H,3-5,7-9,12H2,1-2H3. The highest BCUT2D eigenvalue weighted by Crippen LogP contribution is 2.30. The van der Waals surface area contributed by atoms with Crippen LogP contribution in [0.4, 0.5) is 0 Å². The van der Waals surface area contributed by atoms with Gasteiger partial charge in [0.1, 0.15) is 0 Å². The van der Waals surface area contributed by atoms with Gasteiger partial charge >= 0.3 is 0 Å². The first-order chi connectivity index (χ1) is 8.83. The summed E-state index contributed by atoms with van der Waals surface area (Å²) >= 11 is 1.90. The monoisotopic (exact) mass is 265 g/mol. The highest BCUT2D eigenvalue weighted by Gasteiger charge is 2.23. The molecule has 0 spiro atoms. The molecule has 1 N–H and O–H groups in total. The molecule has 1 saturated carbocycles. The van der Waals surface area contributed by atoms with Gasteiger partial charge in [0.25, 0.3) is 0 Å². The molecule has 1 fully saturated rings. The van der Waals surface area contributed by atoms with Gasteiger partial charge in [-0.2, -0.15) is 0 Å². The van der Waals surface area contributed by atoms with E-state index in [4.69, 9.17) is 0 Å². The van der Waals surface area contributed by atoms with Gasteiger partial charge < -0.3 is 5.32 Å². The number of thiophene rings is 1. The first kappa shape index (κ1) is 14.1. The van der Waals surface area contributed by atoms with Crippen molar-refractivity contribution in [2.75, 3.05) is 0 Å². The van der Waals surface area contributed by atoms with Crippen LogP contribution >= 0.6 is 11.3 Å². The van der Waals surface area contributed by atoms with E-state index < -0.39 is 0 Å². The molecule has 3 unspecified atom stereocenters. The molecule has 1 heterocycles. The first-order valence-electron chi connectivity index (χ1n) is 7.62. The zero-order valence-electron chi connectivity index (χ0n) is 11.8. The molecule has 1 aromatic rings. The van der Waals surface area contributed by atoms with Gasteiger partial charge in [-0.1, -0.05) is 45.6 Å². The van der Waals surface area contributed by atoms with Crippen LogP contribution in [0.15, 0.2) is 17.5 Å². The molecule has 2 rings (SSSR count). The lowest BCUT2D eigenvalue weighted by molar-refractivity contribution is 0.259. The minimum atomic E-state index is 0.593. The van der Waals surface area contributed by atoms with Crippen molar-refractivity contribution in [3.05, 3.63) is 22.4 Å². The average Bonchev–Trinajstić information content (AvgIpc) is 2.92. The molecule has 1 aliphatic rings. The Morgan fingerprint density at radius 2 is 2.28 bits per heavy atom. The molecule has 1 nitrogen and oxygen atoms in total. The average molecular weight is 265 g/mol. The lowest BCUT2D eigenvalue weighted by atomic mass is 9.84. The third-order valence-electron chi connectivity index (χ3n) is 4.26. The number of hydrogen-bond donors (Lipinski definition) is 1. The van der Waals surface area contributed by atoms with Crippen LogP contribution in [-0.4, -0.2) is 6.04 Å². The Morgan fingerprint density at radius 3 is 2.94 bits per heavy atom. The van der Waals surface area contributed by atoms with Crippen molar-refractivity contribution >= 4 is 11.3 Å². The van der Waals surface area contributed by atoms with Crippen LogP contribution in [0.25, 0.3) is 0 Å². The van der Waals surface area contributed by atoms with Crippen LogP contribution in [0.2, 0.25) is 0 Å². The molecule has 0 amide bonds. The maximum absolute atomic E-state index is 3.93. The van der Waals surface area contributed by atoms with Gasteiger partial charge in [0.15, 0.2) is 0 Å². The summed E-state index contributed by atoms with van der Waals surface area (Å²) in [5.41, 5.74) is 0. The molecule has 3 atom stereocenters. The molecule has 0 saturated heterocycles. The van der Waals surface area contributed by atoms with E-state index in [-0.39, 0.29) is 0 Å². The predicted molar refractivity (Wildman–Crippen MR) is 81.1 cm³/mol. The smallest absolute Gasteiger partial charge is 0.0416 e. The van der Waals surface area contributed by atoms with E-state index in [2.05, 4.69) is 36.7 Å². The van der Waals surface area contributed by atoms with E-state index in [1.165, 1.54) is 49.8 Å². The van der Waals surface area contributed by atoms with E-state index in [1.54, 1.807) is 0 Å². The molecule has 0 radical (unpaired) electrons. The van der Waals surface area contributed by atoms with E-state index in [1.807, 2.05) is 11.3 Å². The van der Waals surface area contributed by atoms with Crippen molar-refractivity contribution in [3.63, 3.8) is 0 Å². The molecule has 0 aromatic carbocycles. The highest BCUT2D eigenvalue weighted by atomic mass is 32.1. The zero-order valence-corrected chi connectivity index (χ0v) is 12.6. The van der Waals surface area contributed by atoms with Crippen molar-refractivity contribution in [1.82, 2.24) is 5.32 Å². The SMILES string of the molecule is CCCC(NC1CCCC(CC)C1)c1cccs1. The second-order valence-electron chi connectivity index (χ2n) is 5.66. The third kappa shape index (κ3) is 3.83. The van der Waals surface area contributed by atoms with E-state index in [0.717, 1.165) is 12.0 Å². The van der Waals surface area contributed by atoms with Crippen LogP contribution in [-0.2, 0) is 0 Å². The maximum Gasteiger partial charge on any atom is 0.0416 e. The van der Waals surface area contributed by atoms with Crippen molar-refractivity contribution in [2.45, 2.75) is 70.9 Å². The Bertz CT molecular complexity index is 320. The van der Waals surface area contributed by atoms with Gasteiger partial charge in [-0.25, -0.2) is 0 Å². The molecule has 1 aliphatic carbocycles. The molecule has 0 aliphatic heterocycles. The van der Waals surface area contributed by atoms with Crippen LogP contribution in [0.1, 0.15) is 69.7 Å². The molecule has 0 bridgehead atoms. The summed E-state index contributed by atoms with van der Waals surface area (Å²) in [4.78, 5) is 1.52. The van der Waals surface area contributed by atoms with E-state index >= 15 is 0 Å². The van der Waals surface area contributed by atoms with Gasteiger partial charge in [-0.3, -0.25) is 0 Å². The molecular formula is C16H27NS. The van der Waals surface area contributed by atoms with Gasteiger partial charge in [0, 0.05) is 17.0 Å². The Balaban J connectivity index is 1.92. The number of nitrogens with one attached hydrogen (secondary N) is 1. The summed E-state index contributed by atoms with van der Waals surface area (Å²) < 4.78 is 0.